The van der Waals surface area contributed by atoms with E-state index in [9.17, 15) is 4.79 Å². The third-order valence-electron chi connectivity index (χ3n) is 6.50. The zero-order chi connectivity index (χ0) is 20.1. The lowest BCUT2D eigenvalue weighted by atomic mass is 9.79. The Hall–Kier alpha value is -1.97. The largest absolute Gasteiger partial charge is 0.465 e. The molecule has 1 atom stereocenters. The monoisotopic (exact) mass is 404 g/mol. The van der Waals surface area contributed by atoms with E-state index in [-0.39, 0.29) is 11.8 Å². The van der Waals surface area contributed by atoms with Crippen LogP contribution in [0.3, 0.4) is 0 Å². The van der Waals surface area contributed by atoms with Crippen molar-refractivity contribution in [2.45, 2.75) is 51.4 Å². The molecule has 150 valence electrons. The van der Waals surface area contributed by atoms with E-state index in [1.807, 2.05) is 13.8 Å². The van der Waals surface area contributed by atoms with Gasteiger partial charge in [0.2, 0.25) is 0 Å². The summed E-state index contributed by atoms with van der Waals surface area (Å²) in [7, 11) is 1.35. The zero-order valence-corrected chi connectivity index (χ0v) is 17.2. The fourth-order valence-electron chi connectivity index (χ4n) is 4.69. The van der Waals surface area contributed by atoms with E-state index >= 15 is 0 Å². The number of esters is 1. The average molecular weight is 405 g/mol. The molecule has 3 aliphatic rings. The predicted molar refractivity (Wildman–Crippen MR) is 104 cm³/mol. The number of hydrogen-bond acceptors (Lipinski definition) is 6. The number of carbonyl (C=O) groups excluding carboxylic acids is 1. The van der Waals surface area contributed by atoms with Gasteiger partial charge < -0.3 is 14.2 Å². The highest BCUT2D eigenvalue weighted by Gasteiger charge is 2.48. The Morgan fingerprint density at radius 3 is 2.54 bits per heavy atom. The van der Waals surface area contributed by atoms with Gasteiger partial charge >= 0.3 is 5.97 Å². The van der Waals surface area contributed by atoms with Crippen LogP contribution in [-0.4, -0.2) is 42.9 Å². The third kappa shape index (κ3) is 3.11. The first-order chi connectivity index (χ1) is 13.4. The summed E-state index contributed by atoms with van der Waals surface area (Å²) in [5.41, 5.74) is 1.08. The maximum Gasteiger partial charge on any atom is 0.338 e. The molecule has 0 N–H and O–H groups in total. The van der Waals surface area contributed by atoms with Crippen LogP contribution in [0.2, 0.25) is 5.02 Å². The van der Waals surface area contributed by atoms with E-state index in [4.69, 9.17) is 31.1 Å². The number of halogens is 1. The van der Waals surface area contributed by atoms with Crippen molar-refractivity contribution in [3.05, 3.63) is 22.2 Å². The van der Waals surface area contributed by atoms with Gasteiger partial charge in [0.1, 0.15) is 0 Å². The molecule has 2 aliphatic heterocycles. The molecule has 0 aromatic heterocycles. The van der Waals surface area contributed by atoms with Crippen LogP contribution < -0.4 is 9.47 Å². The number of benzene rings is 1. The smallest absolute Gasteiger partial charge is 0.338 e. The molecular weight excluding hydrogens is 380 g/mol. The van der Waals surface area contributed by atoms with E-state index in [1.54, 1.807) is 6.07 Å². The third-order valence-corrected chi connectivity index (χ3v) is 6.78. The van der Waals surface area contributed by atoms with E-state index < -0.39 is 11.8 Å². The minimum Gasteiger partial charge on any atom is -0.465 e. The van der Waals surface area contributed by atoms with Gasteiger partial charge in [-0.3, -0.25) is 4.90 Å². The van der Waals surface area contributed by atoms with Crippen molar-refractivity contribution in [2.24, 2.45) is 11.8 Å². The molecule has 6 nitrogen and oxygen atoms in total. The van der Waals surface area contributed by atoms with Crippen molar-refractivity contribution < 1.29 is 19.0 Å². The number of fused-ring (bicyclic) bond motifs is 1. The van der Waals surface area contributed by atoms with Crippen molar-refractivity contribution >= 4 is 17.6 Å². The highest BCUT2D eigenvalue weighted by atomic mass is 35.5. The molecule has 2 fully saturated rings. The summed E-state index contributed by atoms with van der Waals surface area (Å²) in [4.78, 5) is 14.4. The van der Waals surface area contributed by atoms with E-state index in [0.29, 0.717) is 33.7 Å². The molecule has 1 unspecified atom stereocenters. The summed E-state index contributed by atoms with van der Waals surface area (Å²) >= 11 is 6.39. The van der Waals surface area contributed by atoms with Crippen molar-refractivity contribution in [3.63, 3.8) is 0 Å². The summed E-state index contributed by atoms with van der Waals surface area (Å²) in [6.07, 6.45) is 4.12. The van der Waals surface area contributed by atoms with Gasteiger partial charge in [-0.25, -0.2) is 4.79 Å². The summed E-state index contributed by atoms with van der Waals surface area (Å²) in [5, 5.41) is 9.33. The lowest BCUT2D eigenvalue weighted by Crippen LogP contribution is -2.54. The number of rotatable bonds is 3. The van der Waals surface area contributed by atoms with Gasteiger partial charge in [-0.15, -0.1) is 0 Å². The summed E-state index contributed by atoms with van der Waals surface area (Å²) < 4.78 is 17.3. The quantitative estimate of drug-likeness (QED) is 0.710. The molecule has 1 aliphatic carbocycles. The Morgan fingerprint density at radius 2 is 1.93 bits per heavy atom. The molecule has 1 aromatic carbocycles. The van der Waals surface area contributed by atoms with Gasteiger partial charge in [0, 0.05) is 37.5 Å². The summed E-state index contributed by atoms with van der Waals surface area (Å²) in [6, 6.07) is 4.47. The zero-order valence-electron chi connectivity index (χ0n) is 16.5. The van der Waals surface area contributed by atoms with Crippen LogP contribution in [0.1, 0.15) is 48.5 Å². The molecule has 1 saturated heterocycles. The lowest BCUT2D eigenvalue weighted by Gasteiger charge is -2.45. The van der Waals surface area contributed by atoms with Crippen LogP contribution in [0.15, 0.2) is 6.07 Å². The number of nitrogens with zero attached hydrogens (tertiary/aromatic N) is 2. The topological polar surface area (TPSA) is 71.8 Å². The first-order valence-electron chi connectivity index (χ1n) is 9.79. The molecule has 4 rings (SSSR count). The van der Waals surface area contributed by atoms with E-state index in [1.165, 1.54) is 7.11 Å². The molecule has 0 amide bonds. The molecule has 0 bridgehead atoms. The predicted octanol–water partition coefficient (Wildman–Crippen LogP) is 3.94. The van der Waals surface area contributed by atoms with Crippen molar-refractivity contribution in [3.8, 4) is 17.6 Å². The minimum absolute atomic E-state index is 0.195. The molecule has 0 spiro atoms. The fourth-order valence-corrected chi connectivity index (χ4v) is 4.93. The van der Waals surface area contributed by atoms with Gasteiger partial charge in [0.25, 0.3) is 5.79 Å². The Kier molecular flexibility index (Phi) is 4.93. The summed E-state index contributed by atoms with van der Waals surface area (Å²) in [6.45, 7) is 5.57. The van der Waals surface area contributed by atoms with E-state index in [0.717, 1.165) is 38.8 Å². The number of carbonyl (C=O) groups is 1. The lowest BCUT2D eigenvalue weighted by molar-refractivity contribution is -0.126. The number of nitriles is 1. The molecule has 0 radical (unpaired) electrons. The first-order valence-corrected chi connectivity index (χ1v) is 10.2. The van der Waals surface area contributed by atoms with Crippen LogP contribution in [0, 0.1) is 30.1 Å². The van der Waals surface area contributed by atoms with Crippen molar-refractivity contribution in [1.82, 2.24) is 4.90 Å². The van der Waals surface area contributed by atoms with Gasteiger partial charge in [-0.2, -0.15) is 5.26 Å². The SMILES string of the molecule is COC(=O)c1cc(Cl)c2c(c1C)OC(C)([C@H]1CC[C@@H](N3CC(C#N)C3)CC1)O2. The van der Waals surface area contributed by atoms with Crippen molar-refractivity contribution in [2.75, 3.05) is 20.2 Å². The van der Waals surface area contributed by atoms with Crippen LogP contribution in [-0.2, 0) is 4.74 Å². The Bertz CT molecular complexity index is 838. The molecule has 28 heavy (non-hydrogen) atoms. The van der Waals surface area contributed by atoms with Gasteiger partial charge in [-0.1, -0.05) is 11.6 Å². The highest BCUT2D eigenvalue weighted by molar-refractivity contribution is 6.32. The van der Waals surface area contributed by atoms with Gasteiger partial charge in [0.05, 0.1) is 29.7 Å². The minimum atomic E-state index is -0.791. The summed E-state index contributed by atoms with van der Waals surface area (Å²) in [5.74, 6) is 0.250. The second-order valence-corrected chi connectivity index (χ2v) is 8.59. The Labute approximate surface area is 170 Å². The van der Waals surface area contributed by atoms with Gasteiger partial charge in [-0.05, 0) is 38.7 Å². The average Bonchev–Trinajstić information content (AvgIpc) is 3.03. The van der Waals surface area contributed by atoms with Crippen LogP contribution in [0.4, 0.5) is 0 Å². The van der Waals surface area contributed by atoms with Crippen LogP contribution in [0.25, 0.3) is 0 Å². The Morgan fingerprint density at radius 1 is 1.29 bits per heavy atom. The number of ether oxygens (including phenoxy) is 3. The number of hydrogen-bond donors (Lipinski definition) is 0. The molecule has 1 aromatic rings. The Balaban J connectivity index is 1.46. The van der Waals surface area contributed by atoms with Crippen LogP contribution >= 0.6 is 11.6 Å². The second-order valence-electron chi connectivity index (χ2n) is 8.19. The second kappa shape index (κ2) is 7.13. The maximum atomic E-state index is 12.0. The molecule has 1 saturated carbocycles. The van der Waals surface area contributed by atoms with Gasteiger partial charge in [0.15, 0.2) is 11.5 Å². The number of methoxy groups -OCH3 is 1. The number of likely N-dealkylation sites (tertiary alicyclic amines) is 1. The molecule has 7 heteroatoms. The highest BCUT2D eigenvalue weighted by Crippen LogP contribution is 2.52. The van der Waals surface area contributed by atoms with Crippen molar-refractivity contribution in [1.29, 1.82) is 5.26 Å². The molecule has 2 heterocycles. The normalized spacial score (nSPS) is 29.8. The maximum absolute atomic E-state index is 12.0. The fraction of sp³-hybridized carbons (Fsp3) is 0.619. The first kappa shape index (κ1) is 19.4. The standard InChI is InChI=1S/C21H25ClN2O4/c1-12-16(20(25)26-3)8-17(22)19-18(12)27-21(2,28-19)14-4-6-15(7-5-14)24-10-13(9-23)11-24/h8,13-15H,4-7,10-11H2,1-3H3/t14-,15+,21?. The molecular formula is C21H25ClN2O4. The van der Waals surface area contributed by atoms with E-state index in [2.05, 4.69) is 11.0 Å². The van der Waals surface area contributed by atoms with Crippen LogP contribution in [0.5, 0.6) is 11.5 Å².